The molecule has 1 unspecified atom stereocenters. The van der Waals surface area contributed by atoms with Crippen molar-refractivity contribution in [2.75, 3.05) is 23.3 Å². The molecule has 0 spiro atoms. The van der Waals surface area contributed by atoms with E-state index in [1.54, 1.807) is 18.2 Å². The maximum atomic E-state index is 13.7. The fraction of sp³-hybridized carbons (Fsp3) is 0.381. The minimum absolute atomic E-state index is 0.0391. The predicted octanol–water partition coefficient (Wildman–Crippen LogP) is 5.11. The number of benzene rings is 2. The Morgan fingerprint density at radius 2 is 1.77 bits per heavy atom. The lowest BCUT2D eigenvalue weighted by molar-refractivity contribution is 0.438. The fourth-order valence-corrected chi connectivity index (χ4v) is 3.53. The first-order valence-electron chi connectivity index (χ1n) is 9.20. The SMILES string of the molecule is CC1CCN(c2ccc(C(C)NC(=S)Nc3ccccc3F)cc2)CC1. The molecule has 2 aromatic rings. The van der Waals surface area contributed by atoms with Crippen molar-refractivity contribution in [3.63, 3.8) is 0 Å². The summed E-state index contributed by atoms with van der Waals surface area (Å²) in [6.07, 6.45) is 2.52. The van der Waals surface area contributed by atoms with E-state index in [2.05, 4.69) is 46.7 Å². The number of nitrogens with zero attached hydrogens (tertiary/aromatic N) is 1. The molecule has 1 aliphatic rings. The number of halogens is 1. The molecule has 0 bridgehead atoms. The minimum atomic E-state index is -0.315. The van der Waals surface area contributed by atoms with Crippen molar-refractivity contribution in [2.24, 2.45) is 5.92 Å². The van der Waals surface area contributed by atoms with Crippen LogP contribution in [-0.4, -0.2) is 18.2 Å². The Hall–Kier alpha value is -2.14. The van der Waals surface area contributed by atoms with Crippen LogP contribution in [0.5, 0.6) is 0 Å². The number of thiocarbonyl (C=S) groups is 1. The van der Waals surface area contributed by atoms with Gasteiger partial charge in [-0.05, 0) is 67.7 Å². The number of hydrogen-bond acceptors (Lipinski definition) is 2. The van der Waals surface area contributed by atoms with Gasteiger partial charge in [0.05, 0.1) is 11.7 Å². The van der Waals surface area contributed by atoms with E-state index in [0.29, 0.717) is 10.8 Å². The van der Waals surface area contributed by atoms with Crippen molar-refractivity contribution in [2.45, 2.75) is 32.7 Å². The maximum Gasteiger partial charge on any atom is 0.171 e. The Morgan fingerprint density at radius 1 is 1.12 bits per heavy atom. The molecule has 1 aliphatic heterocycles. The Balaban J connectivity index is 1.57. The average Bonchev–Trinajstić information content (AvgIpc) is 2.64. The molecule has 0 aromatic heterocycles. The van der Waals surface area contributed by atoms with Crippen LogP contribution in [0.1, 0.15) is 38.3 Å². The van der Waals surface area contributed by atoms with Gasteiger partial charge in [0, 0.05) is 18.8 Å². The molecule has 0 radical (unpaired) electrons. The van der Waals surface area contributed by atoms with Crippen molar-refractivity contribution in [1.82, 2.24) is 5.32 Å². The number of rotatable bonds is 4. The van der Waals surface area contributed by atoms with Crippen molar-refractivity contribution < 1.29 is 4.39 Å². The highest BCUT2D eigenvalue weighted by molar-refractivity contribution is 7.80. The van der Waals surface area contributed by atoms with Gasteiger partial charge < -0.3 is 15.5 Å². The summed E-state index contributed by atoms with van der Waals surface area (Å²) in [6, 6.07) is 15.2. The van der Waals surface area contributed by atoms with Crippen LogP contribution < -0.4 is 15.5 Å². The van der Waals surface area contributed by atoms with Gasteiger partial charge in [0.15, 0.2) is 5.11 Å². The Bertz CT molecular complexity index is 739. The van der Waals surface area contributed by atoms with Crippen LogP contribution in [0.3, 0.4) is 0 Å². The number of para-hydroxylation sites is 1. The van der Waals surface area contributed by atoms with Gasteiger partial charge in [-0.15, -0.1) is 0 Å². The zero-order valence-corrected chi connectivity index (χ0v) is 16.2. The molecule has 2 aromatic carbocycles. The van der Waals surface area contributed by atoms with Crippen molar-refractivity contribution in [3.8, 4) is 0 Å². The standard InChI is InChI=1S/C21H26FN3S/c1-15-11-13-25(14-12-15)18-9-7-17(8-10-18)16(2)23-21(26)24-20-6-4-3-5-19(20)22/h3-10,15-16H,11-14H2,1-2H3,(H2,23,24,26). The molecule has 1 saturated heterocycles. The largest absolute Gasteiger partial charge is 0.372 e. The molecular formula is C21H26FN3S. The van der Waals surface area contributed by atoms with E-state index in [0.717, 1.165) is 24.6 Å². The van der Waals surface area contributed by atoms with Crippen LogP contribution in [-0.2, 0) is 0 Å². The Morgan fingerprint density at radius 3 is 2.42 bits per heavy atom. The van der Waals surface area contributed by atoms with E-state index in [1.165, 1.54) is 24.6 Å². The molecule has 1 heterocycles. The number of anilines is 2. The maximum absolute atomic E-state index is 13.7. The van der Waals surface area contributed by atoms with Crippen LogP contribution in [0, 0.1) is 11.7 Å². The molecule has 138 valence electrons. The summed E-state index contributed by atoms with van der Waals surface area (Å²) in [7, 11) is 0. The molecule has 0 amide bonds. The fourth-order valence-electron chi connectivity index (χ4n) is 3.24. The molecule has 1 fully saturated rings. The molecule has 2 N–H and O–H groups in total. The summed E-state index contributed by atoms with van der Waals surface area (Å²) in [5.41, 5.74) is 2.81. The zero-order chi connectivity index (χ0) is 18.5. The van der Waals surface area contributed by atoms with E-state index < -0.39 is 0 Å². The summed E-state index contributed by atoms with van der Waals surface area (Å²) in [6.45, 7) is 6.63. The van der Waals surface area contributed by atoms with E-state index in [1.807, 2.05) is 6.92 Å². The Kier molecular flexibility index (Phi) is 6.09. The summed E-state index contributed by atoms with van der Waals surface area (Å²) in [5, 5.41) is 6.55. The summed E-state index contributed by atoms with van der Waals surface area (Å²) < 4.78 is 13.7. The summed E-state index contributed by atoms with van der Waals surface area (Å²) in [5.74, 6) is 0.516. The smallest absolute Gasteiger partial charge is 0.171 e. The van der Waals surface area contributed by atoms with E-state index in [4.69, 9.17) is 12.2 Å². The second-order valence-corrected chi connectivity index (χ2v) is 7.47. The molecule has 0 saturated carbocycles. The quantitative estimate of drug-likeness (QED) is 0.731. The molecule has 26 heavy (non-hydrogen) atoms. The lowest BCUT2D eigenvalue weighted by Gasteiger charge is -2.32. The van der Waals surface area contributed by atoms with Gasteiger partial charge in [-0.2, -0.15) is 0 Å². The van der Waals surface area contributed by atoms with Crippen molar-refractivity contribution in [1.29, 1.82) is 0 Å². The highest BCUT2D eigenvalue weighted by atomic mass is 32.1. The second kappa shape index (κ2) is 8.49. The summed E-state index contributed by atoms with van der Waals surface area (Å²) in [4.78, 5) is 2.45. The minimum Gasteiger partial charge on any atom is -0.372 e. The van der Waals surface area contributed by atoms with Gasteiger partial charge in [-0.3, -0.25) is 0 Å². The highest BCUT2D eigenvalue weighted by Gasteiger charge is 2.16. The second-order valence-electron chi connectivity index (χ2n) is 7.06. The first-order valence-corrected chi connectivity index (χ1v) is 9.60. The number of hydrogen-bond donors (Lipinski definition) is 2. The van der Waals surface area contributed by atoms with Crippen molar-refractivity contribution >= 4 is 28.7 Å². The van der Waals surface area contributed by atoms with E-state index in [9.17, 15) is 4.39 Å². The van der Waals surface area contributed by atoms with Gasteiger partial charge in [-0.25, -0.2) is 4.39 Å². The van der Waals surface area contributed by atoms with Crippen LogP contribution in [0.2, 0.25) is 0 Å². The zero-order valence-electron chi connectivity index (χ0n) is 15.3. The average molecular weight is 372 g/mol. The lowest BCUT2D eigenvalue weighted by Crippen LogP contribution is -2.33. The van der Waals surface area contributed by atoms with Gasteiger partial charge in [0.25, 0.3) is 0 Å². The third-order valence-electron chi connectivity index (χ3n) is 5.01. The monoisotopic (exact) mass is 371 g/mol. The van der Waals surface area contributed by atoms with E-state index >= 15 is 0 Å². The predicted molar refractivity (Wildman–Crippen MR) is 111 cm³/mol. The normalized spacial score (nSPS) is 16.2. The van der Waals surface area contributed by atoms with E-state index in [-0.39, 0.29) is 11.9 Å². The number of piperidine rings is 1. The molecule has 5 heteroatoms. The van der Waals surface area contributed by atoms with Gasteiger partial charge in [0.1, 0.15) is 5.82 Å². The van der Waals surface area contributed by atoms with Crippen LogP contribution >= 0.6 is 12.2 Å². The van der Waals surface area contributed by atoms with Crippen LogP contribution in [0.15, 0.2) is 48.5 Å². The summed E-state index contributed by atoms with van der Waals surface area (Å²) >= 11 is 5.31. The third kappa shape index (κ3) is 4.73. The molecular weight excluding hydrogens is 345 g/mol. The molecule has 1 atom stereocenters. The highest BCUT2D eigenvalue weighted by Crippen LogP contribution is 2.24. The van der Waals surface area contributed by atoms with Gasteiger partial charge in [-0.1, -0.05) is 31.2 Å². The first-order chi connectivity index (χ1) is 12.5. The molecule has 3 rings (SSSR count). The lowest BCUT2D eigenvalue weighted by atomic mass is 9.98. The van der Waals surface area contributed by atoms with Crippen LogP contribution in [0.4, 0.5) is 15.8 Å². The third-order valence-corrected chi connectivity index (χ3v) is 5.23. The molecule has 3 nitrogen and oxygen atoms in total. The first kappa shape index (κ1) is 18.6. The molecule has 0 aliphatic carbocycles. The topological polar surface area (TPSA) is 27.3 Å². The van der Waals surface area contributed by atoms with Gasteiger partial charge >= 0.3 is 0 Å². The van der Waals surface area contributed by atoms with Crippen LogP contribution in [0.25, 0.3) is 0 Å². The van der Waals surface area contributed by atoms with Gasteiger partial charge in [0.2, 0.25) is 0 Å². The number of nitrogens with one attached hydrogen (secondary N) is 2. The Labute approximate surface area is 160 Å². The van der Waals surface area contributed by atoms with Crippen molar-refractivity contribution in [3.05, 3.63) is 59.9 Å².